The van der Waals surface area contributed by atoms with Crippen LogP contribution in [0.5, 0.6) is 0 Å². The van der Waals surface area contributed by atoms with Crippen LogP contribution < -0.4 is 9.80 Å². The van der Waals surface area contributed by atoms with Crippen LogP contribution in [0.3, 0.4) is 0 Å². The highest BCUT2D eigenvalue weighted by Gasteiger charge is 2.29. The molecule has 2 aromatic rings. The third kappa shape index (κ3) is 4.03. The summed E-state index contributed by atoms with van der Waals surface area (Å²) in [4.78, 5) is 20.2. The molecule has 0 bridgehead atoms. The standard InChI is InChI=1S/C21H21Cl2N3OS/c1-24-8-10-25(11-9-24)19-5-3-2-4-15(19)12-20-21(27)26(14-28-20)16-6-7-17(22)18(23)13-16/h2-7,12-13H,8-11,14H2,1H3. The van der Waals surface area contributed by atoms with Gasteiger partial charge < -0.3 is 9.80 Å². The summed E-state index contributed by atoms with van der Waals surface area (Å²) in [5.41, 5.74) is 3.03. The predicted molar refractivity (Wildman–Crippen MR) is 121 cm³/mol. The van der Waals surface area contributed by atoms with Gasteiger partial charge in [-0.1, -0.05) is 53.2 Å². The van der Waals surface area contributed by atoms with Crippen LogP contribution >= 0.6 is 35.0 Å². The van der Waals surface area contributed by atoms with E-state index in [2.05, 4.69) is 35.0 Å². The number of halogens is 2. The highest BCUT2D eigenvalue weighted by molar-refractivity contribution is 8.04. The summed E-state index contributed by atoms with van der Waals surface area (Å²) in [7, 11) is 2.15. The highest BCUT2D eigenvalue weighted by Crippen LogP contribution is 2.37. The van der Waals surface area contributed by atoms with Crippen molar-refractivity contribution in [3.8, 4) is 0 Å². The number of nitrogens with zero attached hydrogens (tertiary/aromatic N) is 3. The second kappa shape index (κ2) is 8.37. The van der Waals surface area contributed by atoms with Crippen molar-refractivity contribution in [1.82, 2.24) is 4.90 Å². The van der Waals surface area contributed by atoms with Crippen LogP contribution in [-0.2, 0) is 4.79 Å². The normalized spacial score (nSPS) is 19.7. The second-order valence-corrected chi connectivity index (χ2v) is 8.76. The zero-order chi connectivity index (χ0) is 19.7. The number of piperazine rings is 1. The number of rotatable bonds is 3. The van der Waals surface area contributed by atoms with Crippen LogP contribution in [0.4, 0.5) is 11.4 Å². The third-order valence-electron chi connectivity index (χ3n) is 5.09. The maximum absolute atomic E-state index is 13.0. The van der Waals surface area contributed by atoms with E-state index in [0.29, 0.717) is 15.9 Å². The molecule has 0 spiro atoms. The van der Waals surface area contributed by atoms with Crippen LogP contribution in [0.2, 0.25) is 10.0 Å². The minimum absolute atomic E-state index is 0.00318. The Hall–Kier alpha value is -1.66. The summed E-state index contributed by atoms with van der Waals surface area (Å²) >= 11 is 13.7. The van der Waals surface area contributed by atoms with Gasteiger partial charge in [-0.15, -0.1) is 0 Å². The van der Waals surface area contributed by atoms with Crippen molar-refractivity contribution in [3.05, 3.63) is 63.0 Å². The molecule has 0 aromatic heterocycles. The van der Waals surface area contributed by atoms with E-state index >= 15 is 0 Å². The molecule has 2 aromatic carbocycles. The van der Waals surface area contributed by atoms with Gasteiger partial charge in [-0.2, -0.15) is 0 Å². The first-order chi connectivity index (χ1) is 13.5. The van der Waals surface area contributed by atoms with Gasteiger partial charge in [0.2, 0.25) is 0 Å². The molecule has 0 aliphatic carbocycles. The molecule has 2 fully saturated rings. The lowest BCUT2D eigenvalue weighted by Gasteiger charge is -2.34. The fourth-order valence-electron chi connectivity index (χ4n) is 3.42. The number of carbonyl (C=O) groups excluding carboxylic acids is 1. The average molecular weight is 434 g/mol. The fourth-order valence-corrected chi connectivity index (χ4v) is 4.69. The van der Waals surface area contributed by atoms with E-state index in [1.807, 2.05) is 18.2 Å². The zero-order valence-corrected chi connectivity index (χ0v) is 17.9. The molecule has 2 aliphatic heterocycles. The lowest BCUT2D eigenvalue weighted by atomic mass is 10.1. The van der Waals surface area contributed by atoms with Gasteiger partial charge in [-0.3, -0.25) is 9.69 Å². The Labute approximate surface area is 179 Å². The van der Waals surface area contributed by atoms with Crippen molar-refractivity contribution >= 4 is 58.3 Å². The molecule has 0 radical (unpaired) electrons. The topological polar surface area (TPSA) is 26.8 Å². The number of likely N-dealkylation sites (N-methyl/N-ethyl adjacent to an activating group) is 1. The second-order valence-electron chi connectivity index (χ2n) is 6.96. The van der Waals surface area contributed by atoms with Crippen LogP contribution in [-0.4, -0.2) is 49.9 Å². The lowest BCUT2D eigenvalue weighted by molar-refractivity contribution is -0.113. The third-order valence-corrected chi connectivity index (χ3v) is 6.82. The summed E-state index contributed by atoms with van der Waals surface area (Å²) in [6.07, 6.45) is 2.01. The zero-order valence-electron chi connectivity index (χ0n) is 15.6. The molecule has 28 heavy (non-hydrogen) atoms. The van der Waals surface area contributed by atoms with Crippen molar-refractivity contribution in [2.75, 3.05) is 48.9 Å². The minimum Gasteiger partial charge on any atom is -0.368 e. The predicted octanol–water partition coefficient (Wildman–Crippen LogP) is 4.82. The molecule has 0 atom stereocenters. The van der Waals surface area contributed by atoms with E-state index in [-0.39, 0.29) is 5.91 Å². The molecule has 2 heterocycles. The van der Waals surface area contributed by atoms with Crippen LogP contribution in [0, 0.1) is 0 Å². The van der Waals surface area contributed by atoms with Crippen LogP contribution in [0.15, 0.2) is 47.4 Å². The Bertz CT molecular complexity index is 926. The van der Waals surface area contributed by atoms with Crippen LogP contribution in [0.25, 0.3) is 6.08 Å². The average Bonchev–Trinajstić information content (AvgIpc) is 3.06. The monoisotopic (exact) mass is 433 g/mol. The molecule has 0 unspecified atom stereocenters. The van der Waals surface area contributed by atoms with Gasteiger partial charge >= 0.3 is 0 Å². The van der Waals surface area contributed by atoms with Gasteiger partial charge in [0.15, 0.2) is 0 Å². The maximum Gasteiger partial charge on any atom is 0.265 e. The van der Waals surface area contributed by atoms with Gasteiger partial charge in [0.05, 0.1) is 20.8 Å². The Morgan fingerprint density at radius 1 is 1.00 bits per heavy atom. The number of amides is 1. The number of carbonyl (C=O) groups is 1. The largest absolute Gasteiger partial charge is 0.368 e. The van der Waals surface area contributed by atoms with E-state index in [1.54, 1.807) is 28.8 Å². The molecule has 146 valence electrons. The summed E-state index contributed by atoms with van der Waals surface area (Å²) in [6.45, 7) is 4.08. The smallest absolute Gasteiger partial charge is 0.265 e. The summed E-state index contributed by atoms with van der Waals surface area (Å²) < 4.78 is 0. The van der Waals surface area contributed by atoms with Crippen molar-refractivity contribution in [3.63, 3.8) is 0 Å². The molecule has 0 N–H and O–H groups in total. The Balaban J connectivity index is 1.58. The summed E-state index contributed by atoms with van der Waals surface area (Å²) in [6, 6.07) is 13.6. The Morgan fingerprint density at radius 3 is 2.50 bits per heavy atom. The molecular formula is C21H21Cl2N3OS. The first kappa shape index (κ1) is 19.6. The van der Waals surface area contributed by atoms with Crippen molar-refractivity contribution in [2.45, 2.75) is 0 Å². The van der Waals surface area contributed by atoms with Gasteiger partial charge in [-0.25, -0.2) is 0 Å². The Morgan fingerprint density at radius 2 is 1.75 bits per heavy atom. The van der Waals surface area contributed by atoms with Gasteiger partial charge in [0.25, 0.3) is 5.91 Å². The van der Waals surface area contributed by atoms with E-state index < -0.39 is 0 Å². The van der Waals surface area contributed by atoms with Gasteiger partial charge in [-0.05, 0) is 43.0 Å². The minimum atomic E-state index is -0.00318. The molecule has 4 rings (SSSR count). The first-order valence-electron chi connectivity index (χ1n) is 9.17. The van der Waals surface area contributed by atoms with Crippen molar-refractivity contribution < 1.29 is 4.79 Å². The van der Waals surface area contributed by atoms with E-state index in [4.69, 9.17) is 23.2 Å². The van der Waals surface area contributed by atoms with Crippen molar-refractivity contribution in [2.24, 2.45) is 0 Å². The number of hydrogen-bond donors (Lipinski definition) is 0. The van der Waals surface area contributed by atoms with Crippen LogP contribution in [0.1, 0.15) is 5.56 Å². The van der Waals surface area contributed by atoms with Gasteiger partial charge in [0, 0.05) is 37.6 Å². The fraction of sp³-hybridized carbons (Fsp3) is 0.286. The molecular weight excluding hydrogens is 413 g/mol. The Kier molecular flexibility index (Phi) is 5.88. The first-order valence-corrected chi connectivity index (χ1v) is 10.9. The maximum atomic E-state index is 13.0. The van der Waals surface area contributed by atoms with E-state index in [1.165, 1.54) is 5.69 Å². The molecule has 0 saturated carbocycles. The van der Waals surface area contributed by atoms with Crippen molar-refractivity contribution in [1.29, 1.82) is 0 Å². The molecule has 2 saturated heterocycles. The number of hydrogen-bond acceptors (Lipinski definition) is 4. The van der Waals surface area contributed by atoms with E-state index in [0.717, 1.165) is 42.3 Å². The SMILES string of the molecule is CN1CCN(c2ccccc2C=C2SCN(c3ccc(Cl)c(Cl)c3)C2=O)CC1. The number of anilines is 2. The molecule has 1 amide bonds. The number of benzene rings is 2. The molecule has 4 nitrogen and oxygen atoms in total. The summed E-state index contributed by atoms with van der Waals surface area (Å²) in [5.74, 6) is 0.566. The van der Waals surface area contributed by atoms with E-state index in [9.17, 15) is 4.79 Å². The molecule has 2 aliphatic rings. The highest BCUT2D eigenvalue weighted by atomic mass is 35.5. The molecule has 7 heteroatoms. The summed E-state index contributed by atoms with van der Waals surface area (Å²) in [5, 5.41) is 0.941. The lowest BCUT2D eigenvalue weighted by Crippen LogP contribution is -2.44. The quantitative estimate of drug-likeness (QED) is 0.647. The number of thioether (sulfide) groups is 1. The van der Waals surface area contributed by atoms with Gasteiger partial charge in [0.1, 0.15) is 0 Å². The number of para-hydroxylation sites is 1.